The van der Waals surface area contributed by atoms with Crippen molar-refractivity contribution in [3.8, 4) is 0 Å². The Morgan fingerprint density at radius 3 is 2.50 bits per heavy atom. The molecule has 150 valence electrons. The minimum Gasteiger partial charge on any atom is -0.355 e. The van der Waals surface area contributed by atoms with Crippen molar-refractivity contribution in [3.05, 3.63) is 65.5 Å². The average molecular weight is 405 g/mol. The minimum absolute atomic E-state index is 0.0751. The van der Waals surface area contributed by atoms with Gasteiger partial charge < -0.3 is 5.32 Å². The Bertz CT molecular complexity index is 912. The summed E-state index contributed by atoms with van der Waals surface area (Å²) in [6.45, 7) is 3.24. The van der Waals surface area contributed by atoms with E-state index >= 15 is 0 Å². The van der Waals surface area contributed by atoms with Crippen molar-refractivity contribution < 1.29 is 17.6 Å². The summed E-state index contributed by atoms with van der Waals surface area (Å²) in [6, 6.07) is 12.7. The number of benzene rings is 2. The molecule has 2 aromatic rings. The van der Waals surface area contributed by atoms with Gasteiger partial charge in [-0.15, -0.1) is 0 Å². The van der Waals surface area contributed by atoms with Crippen LogP contribution in [0.5, 0.6) is 0 Å². The average Bonchev–Trinajstić information content (AvgIpc) is 2.69. The Kier molecular flexibility index (Phi) is 6.46. The highest BCUT2D eigenvalue weighted by atomic mass is 32.2. The second-order valence-electron chi connectivity index (χ2n) is 7.29. The van der Waals surface area contributed by atoms with Crippen LogP contribution in [0.1, 0.15) is 24.0 Å². The molecule has 1 aliphatic heterocycles. The van der Waals surface area contributed by atoms with E-state index in [0.29, 0.717) is 24.5 Å². The number of rotatable bonds is 6. The Labute approximate surface area is 165 Å². The zero-order valence-electron chi connectivity index (χ0n) is 15.9. The lowest BCUT2D eigenvalue weighted by Gasteiger charge is -2.32. The van der Waals surface area contributed by atoms with Crippen molar-refractivity contribution in [3.63, 3.8) is 0 Å². The van der Waals surface area contributed by atoms with Gasteiger partial charge in [0.25, 0.3) is 0 Å². The maximum absolute atomic E-state index is 12.9. The van der Waals surface area contributed by atoms with Crippen LogP contribution < -0.4 is 5.32 Å². The zero-order chi connectivity index (χ0) is 20.1. The number of nitrogens with zero attached hydrogens (tertiary/aromatic N) is 1. The van der Waals surface area contributed by atoms with E-state index in [0.717, 1.165) is 24.0 Å². The van der Waals surface area contributed by atoms with Gasteiger partial charge in [0.05, 0.1) is 11.3 Å². The van der Waals surface area contributed by atoms with Crippen molar-refractivity contribution in [2.24, 2.45) is 5.92 Å². The summed E-state index contributed by atoms with van der Waals surface area (Å²) in [7, 11) is -3.52. The van der Waals surface area contributed by atoms with Crippen LogP contribution in [0.2, 0.25) is 0 Å². The van der Waals surface area contributed by atoms with Crippen molar-refractivity contribution >= 4 is 15.9 Å². The van der Waals surface area contributed by atoms with Crippen LogP contribution in [-0.4, -0.2) is 38.3 Å². The normalized spacial score (nSPS) is 18.0. The van der Waals surface area contributed by atoms with Crippen molar-refractivity contribution in [1.29, 1.82) is 0 Å². The molecule has 0 spiro atoms. The van der Waals surface area contributed by atoms with Gasteiger partial charge in [-0.1, -0.05) is 29.8 Å². The summed E-state index contributed by atoms with van der Waals surface area (Å²) in [4.78, 5) is 12.4. The third kappa shape index (κ3) is 5.17. The second kappa shape index (κ2) is 8.84. The predicted octanol–water partition coefficient (Wildman–Crippen LogP) is 2.89. The topological polar surface area (TPSA) is 66.5 Å². The Morgan fingerprint density at radius 1 is 1.14 bits per heavy atom. The number of hydrogen-bond acceptors (Lipinski definition) is 3. The molecular weight excluding hydrogens is 379 g/mol. The molecule has 1 amide bonds. The molecule has 28 heavy (non-hydrogen) atoms. The van der Waals surface area contributed by atoms with Crippen LogP contribution in [-0.2, 0) is 21.2 Å². The standard InChI is InChI=1S/C21H25FN2O3S/c1-16-4-10-20(11-5-16)28(26,27)24-12-2-3-18(15-24)14-23-21(25)13-17-6-8-19(22)9-7-17/h4-11,18H,2-3,12-15H2,1H3,(H,23,25). The summed E-state index contributed by atoms with van der Waals surface area (Å²) in [5.41, 5.74) is 1.76. The molecule has 1 aliphatic rings. The summed E-state index contributed by atoms with van der Waals surface area (Å²) in [5, 5.41) is 2.88. The monoisotopic (exact) mass is 404 g/mol. The van der Waals surface area contributed by atoms with Crippen LogP contribution in [0.3, 0.4) is 0 Å². The van der Waals surface area contributed by atoms with E-state index in [1.165, 1.54) is 16.4 Å². The highest BCUT2D eigenvalue weighted by Crippen LogP contribution is 2.23. The largest absolute Gasteiger partial charge is 0.355 e. The predicted molar refractivity (Wildman–Crippen MR) is 106 cm³/mol. The lowest BCUT2D eigenvalue weighted by Crippen LogP contribution is -2.43. The Hall–Kier alpha value is -2.25. The Balaban J connectivity index is 1.55. The molecular formula is C21H25FN2O3S. The molecule has 0 saturated carbocycles. The highest BCUT2D eigenvalue weighted by molar-refractivity contribution is 7.89. The summed E-state index contributed by atoms with van der Waals surface area (Å²) in [6.07, 6.45) is 1.82. The van der Waals surface area contributed by atoms with Gasteiger partial charge in [-0.2, -0.15) is 4.31 Å². The number of carbonyl (C=O) groups is 1. The number of nitrogens with one attached hydrogen (secondary N) is 1. The molecule has 1 N–H and O–H groups in total. The summed E-state index contributed by atoms with van der Waals surface area (Å²) in [5.74, 6) is -0.405. The fraction of sp³-hybridized carbons (Fsp3) is 0.381. The fourth-order valence-corrected chi connectivity index (χ4v) is 4.93. The Morgan fingerprint density at radius 2 is 1.82 bits per heavy atom. The molecule has 1 atom stereocenters. The number of piperidine rings is 1. The number of halogens is 1. The van der Waals surface area contributed by atoms with Gasteiger partial charge in [-0.25, -0.2) is 12.8 Å². The molecule has 3 rings (SSSR count). The van der Waals surface area contributed by atoms with E-state index in [2.05, 4.69) is 5.32 Å². The van der Waals surface area contributed by atoms with Crippen LogP contribution in [0.15, 0.2) is 53.4 Å². The number of aryl methyl sites for hydroxylation is 1. The molecule has 1 heterocycles. The van der Waals surface area contributed by atoms with E-state index in [1.54, 1.807) is 36.4 Å². The molecule has 0 aliphatic carbocycles. The van der Waals surface area contributed by atoms with Gasteiger partial charge in [0.1, 0.15) is 5.82 Å². The first-order valence-corrected chi connectivity index (χ1v) is 10.9. The van der Waals surface area contributed by atoms with Crippen LogP contribution in [0.25, 0.3) is 0 Å². The highest BCUT2D eigenvalue weighted by Gasteiger charge is 2.30. The quantitative estimate of drug-likeness (QED) is 0.805. The van der Waals surface area contributed by atoms with E-state index in [1.807, 2.05) is 6.92 Å². The van der Waals surface area contributed by atoms with E-state index in [9.17, 15) is 17.6 Å². The zero-order valence-corrected chi connectivity index (χ0v) is 16.7. The maximum atomic E-state index is 12.9. The number of hydrogen-bond donors (Lipinski definition) is 1. The summed E-state index contributed by atoms with van der Waals surface area (Å²) >= 11 is 0. The number of amides is 1. The molecule has 1 unspecified atom stereocenters. The first kappa shape index (κ1) is 20.5. The summed E-state index contributed by atoms with van der Waals surface area (Å²) < 4.78 is 40.2. The van der Waals surface area contributed by atoms with E-state index in [-0.39, 0.29) is 24.1 Å². The van der Waals surface area contributed by atoms with Gasteiger partial charge in [0.2, 0.25) is 15.9 Å². The smallest absolute Gasteiger partial charge is 0.243 e. The third-order valence-electron chi connectivity index (χ3n) is 5.01. The lowest BCUT2D eigenvalue weighted by atomic mass is 9.99. The molecule has 5 nitrogen and oxygen atoms in total. The first-order chi connectivity index (χ1) is 13.3. The van der Waals surface area contributed by atoms with Crippen molar-refractivity contribution in [2.45, 2.75) is 31.1 Å². The molecule has 7 heteroatoms. The van der Waals surface area contributed by atoms with Gasteiger partial charge in [0.15, 0.2) is 0 Å². The molecule has 2 aromatic carbocycles. The molecule has 0 bridgehead atoms. The van der Waals surface area contributed by atoms with E-state index < -0.39 is 10.0 Å². The second-order valence-corrected chi connectivity index (χ2v) is 9.23. The fourth-order valence-electron chi connectivity index (χ4n) is 3.38. The molecule has 1 saturated heterocycles. The van der Waals surface area contributed by atoms with Crippen LogP contribution in [0, 0.1) is 18.7 Å². The van der Waals surface area contributed by atoms with Crippen LogP contribution >= 0.6 is 0 Å². The maximum Gasteiger partial charge on any atom is 0.243 e. The van der Waals surface area contributed by atoms with Crippen LogP contribution in [0.4, 0.5) is 4.39 Å². The van der Waals surface area contributed by atoms with Crippen molar-refractivity contribution in [2.75, 3.05) is 19.6 Å². The SMILES string of the molecule is Cc1ccc(S(=O)(=O)N2CCCC(CNC(=O)Cc3ccc(F)cc3)C2)cc1. The van der Waals surface area contributed by atoms with E-state index in [4.69, 9.17) is 0 Å². The molecule has 0 aromatic heterocycles. The molecule has 1 fully saturated rings. The minimum atomic E-state index is -3.52. The van der Waals surface area contributed by atoms with Gasteiger partial charge in [0, 0.05) is 19.6 Å². The number of sulfonamides is 1. The van der Waals surface area contributed by atoms with Crippen molar-refractivity contribution in [1.82, 2.24) is 9.62 Å². The molecule has 0 radical (unpaired) electrons. The van der Waals surface area contributed by atoms with Gasteiger partial charge >= 0.3 is 0 Å². The first-order valence-electron chi connectivity index (χ1n) is 9.42. The third-order valence-corrected chi connectivity index (χ3v) is 6.89. The van der Waals surface area contributed by atoms with Gasteiger partial charge in [-0.3, -0.25) is 4.79 Å². The lowest BCUT2D eigenvalue weighted by molar-refractivity contribution is -0.120. The number of carbonyl (C=O) groups excluding carboxylic acids is 1. The van der Waals surface area contributed by atoms with Gasteiger partial charge in [-0.05, 0) is 55.5 Å².